The quantitative estimate of drug-likeness (QED) is 0.134. The molecule has 0 aromatic heterocycles. The van der Waals surface area contributed by atoms with E-state index in [4.69, 9.17) is 14.2 Å². The summed E-state index contributed by atoms with van der Waals surface area (Å²) in [5.41, 5.74) is 4.40. The highest BCUT2D eigenvalue weighted by Crippen LogP contribution is 2.28. The summed E-state index contributed by atoms with van der Waals surface area (Å²) < 4.78 is 17.1. The first-order valence-corrected chi connectivity index (χ1v) is 11.1. The zero-order valence-corrected chi connectivity index (χ0v) is 20.1. The highest BCUT2D eigenvalue weighted by Gasteiger charge is 2.13. The number of allylic oxidation sites excluding steroid dienone is 1. The van der Waals surface area contributed by atoms with Crippen molar-refractivity contribution in [1.29, 1.82) is 0 Å². The average Bonchev–Trinajstić information content (AvgIpc) is 2.84. The number of ether oxygens (including phenoxy) is 3. The molecule has 8 heteroatoms. The Morgan fingerprint density at radius 3 is 2.62 bits per heavy atom. The maximum atomic E-state index is 12.4. The van der Waals surface area contributed by atoms with Gasteiger partial charge in [0, 0.05) is 4.47 Å². The Balaban J connectivity index is 1.57. The maximum absolute atomic E-state index is 12.4. The van der Waals surface area contributed by atoms with Crippen molar-refractivity contribution in [3.63, 3.8) is 0 Å². The number of amides is 1. The van der Waals surface area contributed by atoms with Gasteiger partial charge in [0.25, 0.3) is 5.91 Å². The molecule has 0 bridgehead atoms. The molecule has 0 saturated carbocycles. The van der Waals surface area contributed by atoms with Gasteiger partial charge >= 0.3 is 5.97 Å². The van der Waals surface area contributed by atoms with Crippen LogP contribution in [0.15, 0.2) is 89.0 Å². The van der Waals surface area contributed by atoms with E-state index in [2.05, 4.69) is 33.0 Å². The monoisotopic (exact) mass is 522 g/mol. The third kappa shape index (κ3) is 7.05. The van der Waals surface area contributed by atoms with Crippen LogP contribution in [0.1, 0.15) is 21.5 Å². The van der Waals surface area contributed by atoms with Crippen molar-refractivity contribution in [2.75, 3.05) is 13.7 Å². The number of nitrogens with one attached hydrogen (secondary N) is 1. The van der Waals surface area contributed by atoms with Gasteiger partial charge in [0.2, 0.25) is 0 Å². The number of halogens is 1. The van der Waals surface area contributed by atoms with E-state index in [1.54, 1.807) is 48.5 Å². The number of nitrogens with zero attached hydrogens (tertiary/aromatic N) is 1. The molecule has 3 rings (SSSR count). The molecule has 0 fully saturated rings. The number of carbonyl (C=O) groups is 2. The number of esters is 1. The lowest BCUT2D eigenvalue weighted by atomic mass is 10.1. The van der Waals surface area contributed by atoms with Crippen LogP contribution in [0.3, 0.4) is 0 Å². The van der Waals surface area contributed by atoms with E-state index in [9.17, 15) is 9.59 Å². The Morgan fingerprint density at radius 2 is 1.85 bits per heavy atom. The number of hydrogen-bond acceptors (Lipinski definition) is 6. The van der Waals surface area contributed by atoms with Crippen molar-refractivity contribution >= 4 is 34.0 Å². The molecule has 0 radical (unpaired) electrons. The molecule has 34 heavy (non-hydrogen) atoms. The number of para-hydroxylation sites is 1. The molecule has 0 spiro atoms. The van der Waals surface area contributed by atoms with Crippen molar-refractivity contribution in [1.82, 2.24) is 5.43 Å². The van der Waals surface area contributed by atoms with Gasteiger partial charge in [-0.25, -0.2) is 10.2 Å². The minimum absolute atomic E-state index is 0.181. The first-order chi connectivity index (χ1) is 16.5. The first kappa shape index (κ1) is 24.7. The SMILES string of the molecule is C=CCc1ccccc1OCC(=O)N/N=C/c1ccc(OC(=O)c2cccc(Br)c2)c(OC)c1. The summed E-state index contributed by atoms with van der Waals surface area (Å²) in [6.45, 7) is 3.54. The summed E-state index contributed by atoms with van der Waals surface area (Å²) in [6, 6.07) is 19.3. The standard InChI is InChI=1S/C26H23BrN2O5/c1-3-7-19-8-4-5-11-22(19)33-17-25(30)29-28-16-18-12-13-23(24(14-18)32-2)34-26(31)20-9-6-10-21(27)15-20/h3-6,8-16H,1,7,17H2,2H3,(H,29,30)/b28-16+. The van der Waals surface area contributed by atoms with Crippen LogP contribution in [0.2, 0.25) is 0 Å². The van der Waals surface area contributed by atoms with Crippen LogP contribution >= 0.6 is 15.9 Å². The van der Waals surface area contributed by atoms with Gasteiger partial charge in [-0.15, -0.1) is 6.58 Å². The Hall–Kier alpha value is -3.91. The lowest BCUT2D eigenvalue weighted by Gasteiger charge is -2.10. The number of benzene rings is 3. The second kappa shape index (κ2) is 12.4. The number of carbonyl (C=O) groups excluding carboxylic acids is 2. The molecule has 7 nitrogen and oxygen atoms in total. The molecular weight excluding hydrogens is 500 g/mol. The van der Waals surface area contributed by atoms with Gasteiger partial charge in [0.05, 0.1) is 18.9 Å². The molecule has 0 atom stereocenters. The van der Waals surface area contributed by atoms with Crippen molar-refractivity contribution in [2.24, 2.45) is 5.10 Å². The molecule has 3 aromatic rings. The summed E-state index contributed by atoms with van der Waals surface area (Å²) in [5.74, 6) is 0.319. The fraction of sp³-hybridized carbons (Fsp3) is 0.115. The molecule has 1 N–H and O–H groups in total. The second-order valence-electron chi connectivity index (χ2n) is 6.99. The Labute approximate surface area is 206 Å². The van der Waals surface area contributed by atoms with Crippen LogP contribution < -0.4 is 19.6 Å². The summed E-state index contributed by atoms with van der Waals surface area (Å²) in [6.07, 6.45) is 3.87. The molecule has 0 aliphatic rings. The minimum Gasteiger partial charge on any atom is -0.493 e. The highest BCUT2D eigenvalue weighted by atomic mass is 79.9. The first-order valence-electron chi connectivity index (χ1n) is 10.3. The number of rotatable bonds is 10. The van der Waals surface area contributed by atoms with Crippen LogP contribution in [-0.4, -0.2) is 31.8 Å². The average molecular weight is 523 g/mol. The zero-order valence-electron chi connectivity index (χ0n) is 18.5. The van der Waals surface area contributed by atoms with E-state index in [1.165, 1.54) is 13.3 Å². The topological polar surface area (TPSA) is 86.2 Å². The van der Waals surface area contributed by atoms with Gasteiger partial charge < -0.3 is 14.2 Å². The number of hydrogen-bond donors (Lipinski definition) is 1. The minimum atomic E-state index is -0.511. The second-order valence-corrected chi connectivity index (χ2v) is 7.91. The van der Waals surface area contributed by atoms with Crippen LogP contribution in [0.4, 0.5) is 0 Å². The largest absolute Gasteiger partial charge is 0.493 e. The molecule has 174 valence electrons. The van der Waals surface area contributed by atoms with Gasteiger partial charge in [-0.2, -0.15) is 5.10 Å². The Morgan fingerprint density at radius 1 is 1.03 bits per heavy atom. The predicted molar refractivity (Wildman–Crippen MR) is 134 cm³/mol. The summed E-state index contributed by atoms with van der Waals surface area (Å²) in [4.78, 5) is 24.5. The smallest absolute Gasteiger partial charge is 0.343 e. The lowest BCUT2D eigenvalue weighted by Crippen LogP contribution is -2.24. The highest BCUT2D eigenvalue weighted by molar-refractivity contribution is 9.10. The molecule has 0 heterocycles. The Bertz CT molecular complexity index is 1210. The van der Waals surface area contributed by atoms with Crippen molar-refractivity contribution in [2.45, 2.75) is 6.42 Å². The van der Waals surface area contributed by atoms with Gasteiger partial charge in [-0.05, 0) is 60.0 Å². The maximum Gasteiger partial charge on any atom is 0.343 e. The predicted octanol–water partition coefficient (Wildman–Crippen LogP) is 4.93. The van der Waals surface area contributed by atoms with E-state index >= 15 is 0 Å². The van der Waals surface area contributed by atoms with Crippen molar-refractivity contribution in [3.8, 4) is 17.2 Å². The van der Waals surface area contributed by atoms with E-state index in [0.717, 1.165) is 10.0 Å². The Kier molecular flexibility index (Phi) is 8.99. The van der Waals surface area contributed by atoms with Gasteiger partial charge in [0.1, 0.15) is 5.75 Å². The molecular formula is C26H23BrN2O5. The van der Waals surface area contributed by atoms with E-state index < -0.39 is 11.9 Å². The molecule has 0 aliphatic carbocycles. The molecule has 0 aliphatic heterocycles. The normalized spacial score (nSPS) is 10.5. The fourth-order valence-corrected chi connectivity index (χ4v) is 3.35. The zero-order chi connectivity index (χ0) is 24.3. The van der Waals surface area contributed by atoms with Gasteiger partial charge in [-0.3, -0.25) is 4.79 Å². The lowest BCUT2D eigenvalue weighted by molar-refractivity contribution is -0.123. The van der Waals surface area contributed by atoms with Gasteiger partial charge in [0.15, 0.2) is 18.1 Å². The number of methoxy groups -OCH3 is 1. The summed E-state index contributed by atoms with van der Waals surface area (Å²) >= 11 is 3.33. The molecule has 3 aromatic carbocycles. The van der Waals surface area contributed by atoms with Crippen LogP contribution in [0.5, 0.6) is 17.2 Å². The van der Waals surface area contributed by atoms with E-state index in [0.29, 0.717) is 29.0 Å². The number of hydrazone groups is 1. The van der Waals surface area contributed by atoms with Crippen molar-refractivity contribution < 1.29 is 23.8 Å². The fourth-order valence-electron chi connectivity index (χ4n) is 2.95. The summed E-state index contributed by atoms with van der Waals surface area (Å²) in [7, 11) is 1.47. The third-order valence-corrected chi connectivity index (χ3v) is 5.04. The molecule has 0 unspecified atom stereocenters. The van der Waals surface area contributed by atoms with Crippen LogP contribution in [0, 0.1) is 0 Å². The van der Waals surface area contributed by atoms with Crippen molar-refractivity contribution in [3.05, 3.63) is 101 Å². The third-order valence-electron chi connectivity index (χ3n) is 4.55. The summed E-state index contributed by atoms with van der Waals surface area (Å²) in [5, 5.41) is 3.95. The van der Waals surface area contributed by atoms with E-state index in [1.807, 2.05) is 24.3 Å². The van der Waals surface area contributed by atoms with Crippen LogP contribution in [-0.2, 0) is 11.2 Å². The van der Waals surface area contributed by atoms with Crippen LogP contribution in [0.25, 0.3) is 0 Å². The van der Waals surface area contributed by atoms with E-state index in [-0.39, 0.29) is 12.4 Å². The molecule has 1 amide bonds. The molecule has 0 saturated heterocycles. The van der Waals surface area contributed by atoms with Gasteiger partial charge in [-0.1, -0.05) is 46.3 Å².